The van der Waals surface area contributed by atoms with Crippen LogP contribution < -0.4 is 0 Å². The molecule has 0 aliphatic rings. The Hall–Kier alpha value is -3.02. The van der Waals surface area contributed by atoms with Gasteiger partial charge < -0.3 is 4.57 Å². The van der Waals surface area contributed by atoms with Gasteiger partial charge >= 0.3 is 0 Å². The molecule has 0 saturated carbocycles. The standard InChI is InChI=1S/C16H12FN5/c1-21-14-6-3-7-18-15(14)20-16(21)11-9-19-22(10-11)13-5-2-4-12(17)8-13/h2-10H,1H3. The summed E-state index contributed by atoms with van der Waals surface area (Å²) in [7, 11) is 1.94. The van der Waals surface area contributed by atoms with Crippen LogP contribution in [0.15, 0.2) is 55.0 Å². The first-order valence-electron chi connectivity index (χ1n) is 6.81. The van der Waals surface area contributed by atoms with E-state index in [0.29, 0.717) is 11.3 Å². The number of pyridine rings is 1. The Kier molecular flexibility index (Phi) is 2.75. The lowest BCUT2D eigenvalue weighted by atomic mass is 10.3. The molecule has 1 aromatic carbocycles. The summed E-state index contributed by atoms with van der Waals surface area (Å²) in [5.74, 6) is 0.484. The van der Waals surface area contributed by atoms with Crippen molar-refractivity contribution in [3.05, 3.63) is 60.8 Å². The predicted molar refractivity (Wildman–Crippen MR) is 81.0 cm³/mol. The van der Waals surface area contributed by atoms with Crippen molar-refractivity contribution in [2.75, 3.05) is 0 Å². The van der Waals surface area contributed by atoms with Crippen molar-refractivity contribution in [2.45, 2.75) is 0 Å². The molecule has 0 aliphatic heterocycles. The highest BCUT2D eigenvalue weighted by Crippen LogP contribution is 2.23. The third kappa shape index (κ3) is 1.96. The number of benzene rings is 1. The van der Waals surface area contributed by atoms with Gasteiger partial charge in [-0.2, -0.15) is 5.10 Å². The van der Waals surface area contributed by atoms with E-state index in [1.807, 2.05) is 29.9 Å². The summed E-state index contributed by atoms with van der Waals surface area (Å²) in [5, 5.41) is 4.29. The molecule has 5 nitrogen and oxygen atoms in total. The average molecular weight is 293 g/mol. The second-order valence-electron chi connectivity index (χ2n) is 4.99. The maximum absolute atomic E-state index is 13.3. The molecule has 0 bridgehead atoms. The molecule has 0 atom stereocenters. The number of aromatic nitrogens is 5. The Bertz CT molecular complexity index is 970. The van der Waals surface area contributed by atoms with Crippen LogP contribution in [0, 0.1) is 5.82 Å². The van der Waals surface area contributed by atoms with Gasteiger partial charge in [0.15, 0.2) is 5.65 Å². The summed E-state index contributed by atoms with van der Waals surface area (Å²) in [5.41, 5.74) is 3.17. The molecule has 0 N–H and O–H groups in total. The monoisotopic (exact) mass is 293 g/mol. The van der Waals surface area contributed by atoms with Crippen molar-refractivity contribution in [1.82, 2.24) is 24.3 Å². The second-order valence-corrected chi connectivity index (χ2v) is 4.99. The smallest absolute Gasteiger partial charge is 0.178 e. The minimum Gasteiger partial charge on any atom is -0.326 e. The Morgan fingerprint density at radius 3 is 2.86 bits per heavy atom. The molecule has 0 amide bonds. The third-order valence-corrected chi connectivity index (χ3v) is 3.57. The molecule has 4 aromatic rings. The molecular formula is C16H12FN5. The highest BCUT2D eigenvalue weighted by Gasteiger charge is 2.12. The van der Waals surface area contributed by atoms with Crippen LogP contribution >= 0.6 is 0 Å². The van der Waals surface area contributed by atoms with Crippen molar-refractivity contribution in [2.24, 2.45) is 7.05 Å². The molecule has 3 heterocycles. The fraction of sp³-hybridized carbons (Fsp3) is 0.0625. The first-order chi connectivity index (χ1) is 10.7. The van der Waals surface area contributed by atoms with Gasteiger partial charge in [-0.05, 0) is 30.3 Å². The van der Waals surface area contributed by atoms with E-state index >= 15 is 0 Å². The first kappa shape index (κ1) is 12.7. The van der Waals surface area contributed by atoms with Crippen molar-refractivity contribution in [1.29, 1.82) is 0 Å². The zero-order valence-electron chi connectivity index (χ0n) is 11.8. The summed E-state index contributed by atoms with van der Waals surface area (Å²) in [6.07, 6.45) is 5.26. The molecule has 6 heteroatoms. The Morgan fingerprint density at radius 2 is 2.05 bits per heavy atom. The van der Waals surface area contributed by atoms with Crippen LogP contribution in [0.1, 0.15) is 0 Å². The van der Waals surface area contributed by atoms with Crippen LogP contribution in [0.25, 0.3) is 28.2 Å². The number of aryl methyl sites for hydroxylation is 1. The minimum atomic E-state index is -0.290. The van der Waals surface area contributed by atoms with E-state index in [1.54, 1.807) is 29.2 Å². The summed E-state index contributed by atoms with van der Waals surface area (Å²) in [6, 6.07) is 10.2. The Morgan fingerprint density at radius 1 is 1.14 bits per heavy atom. The quantitative estimate of drug-likeness (QED) is 0.571. The van der Waals surface area contributed by atoms with Gasteiger partial charge in [-0.1, -0.05) is 6.07 Å². The molecule has 0 saturated heterocycles. The molecule has 0 spiro atoms. The van der Waals surface area contributed by atoms with E-state index in [9.17, 15) is 4.39 Å². The number of fused-ring (bicyclic) bond motifs is 1. The maximum Gasteiger partial charge on any atom is 0.178 e. The van der Waals surface area contributed by atoms with Crippen molar-refractivity contribution < 1.29 is 4.39 Å². The highest BCUT2D eigenvalue weighted by atomic mass is 19.1. The summed E-state index contributed by atoms with van der Waals surface area (Å²) in [6.45, 7) is 0. The predicted octanol–water partition coefficient (Wildman–Crippen LogP) is 2.96. The molecule has 0 fully saturated rings. The van der Waals surface area contributed by atoms with Crippen LogP contribution in [-0.4, -0.2) is 24.3 Å². The lowest BCUT2D eigenvalue weighted by Crippen LogP contribution is -1.94. The largest absolute Gasteiger partial charge is 0.326 e. The Balaban J connectivity index is 1.82. The number of halogens is 1. The normalized spacial score (nSPS) is 11.2. The number of nitrogens with zero attached hydrogens (tertiary/aromatic N) is 5. The van der Waals surface area contributed by atoms with Crippen LogP contribution in [-0.2, 0) is 7.05 Å². The van der Waals surface area contributed by atoms with Gasteiger partial charge in [0.2, 0.25) is 0 Å². The molecule has 0 unspecified atom stereocenters. The third-order valence-electron chi connectivity index (χ3n) is 3.57. The number of imidazole rings is 1. The van der Waals surface area contributed by atoms with Gasteiger partial charge in [-0.25, -0.2) is 19.0 Å². The number of hydrogen-bond acceptors (Lipinski definition) is 3. The van der Waals surface area contributed by atoms with E-state index in [4.69, 9.17) is 0 Å². The molecule has 22 heavy (non-hydrogen) atoms. The van der Waals surface area contributed by atoms with E-state index in [1.165, 1.54) is 12.1 Å². The van der Waals surface area contributed by atoms with Crippen molar-refractivity contribution >= 4 is 11.2 Å². The van der Waals surface area contributed by atoms with Crippen molar-refractivity contribution in [3.8, 4) is 17.1 Å². The molecule has 3 aromatic heterocycles. The van der Waals surface area contributed by atoms with Gasteiger partial charge in [-0.3, -0.25) is 0 Å². The van der Waals surface area contributed by atoms with Crippen LogP contribution in [0.4, 0.5) is 4.39 Å². The highest BCUT2D eigenvalue weighted by molar-refractivity contribution is 5.76. The molecule has 108 valence electrons. The van der Waals surface area contributed by atoms with Gasteiger partial charge in [-0.15, -0.1) is 0 Å². The Labute approximate surface area is 125 Å². The zero-order valence-corrected chi connectivity index (χ0v) is 11.8. The molecule has 0 radical (unpaired) electrons. The summed E-state index contributed by atoms with van der Waals surface area (Å²) < 4.78 is 16.9. The summed E-state index contributed by atoms with van der Waals surface area (Å²) in [4.78, 5) is 8.79. The van der Waals surface area contributed by atoms with Crippen LogP contribution in [0.3, 0.4) is 0 Å². The van der Waals surface area contributed by atoms with Gasteiger partial charge in [0.25, 0.3) is 0 Å². The second kappa shape index (κ2) is 4.77. The number of hydrogen-bond donors (Lipinski definition) is 0. The molecule has 0 aliphatic carbocycles. The molecule has 4 rings (SSSR count). The van der Waals surface area contributed by atoms with E-state index in [2.05, 4.69) is 15.1 Å². The summed E-state index contributed by atoms with van der Waals surface area (Å²) >= 11 is 0. The fourth-order valence-corrected chi connectivity index (χ4v) is 2.48. The lowest BCUT2D eigenvalue weighted by molar-refractivity contribution is 0.625. The molecular weight excluding hydrogens is 281 g/mol. The van der Waals surface area contributed by atoms with Crippen LogP contribution in [0.5, 0.6) is 0 Å². The fourth-order valence-electron chi connectivity index (χ4n) is 2.48. The van der Waals surface area contributed by atoms with Gasteiger partial charge in [0.1, 0.15) is 11.6 Å². The first-order valence-corrected chi connectivity index (χ1v) is 6.81. The van der Waals surface area contributed by atoms with E-state index in [0.717, 1.165) is 16.9 Å². The topological polar surface area (TPSA) is 48.5 Å². The minimum absolute atomic E-state index is 0.290. The van der Waals surface area contributed by atoms with Gasteiger partial charge in [0, 0.05) is 19.4 Å². The zero-order chi connectivity index (χ0) is 15.1. The average Bonchev–Trinajstić information content (AvgIpc) is 3.13. The van der Waals surface area contributed by atoms with E-state index in [-0.39, 0.29) is 5.82 Å². The maximum atomic E-state index is 13.3. The van der Waals surface area contributed by atoms with E-state index < -0.39 is 0 Å². The van der Waals surface area contributed by atoms with Gasteiger partial charge in [0.05, 0.1) is 23.0 Å². The lowest BCUT2D eigenvalue weighted by Gasteiger charge is -2.01. The number of rotatable bonds is 2. The van der Waals surface area contributed by atoms with Crippen LogP contribution in [0.2, 0.25) is 0 Å². The SMILES string of the molecule is Cn1c(-c2cnn(-c3cccc(F)c3)c2)nc2ncccc21. The van der Waals surface area contributed by atoms with Crippen molar-refractivity contribution in [3.63, 3.8) is 0 Å².